The van der Waals surface area contributed by atoms with Gasteiger partial charge in [-0.1, -0.05) is 53.9 Å². The van der Waals surface area contributed by atoms with E-state index in [4.69, 9.17) is 38.7 Å². The van der Waals surface area contributed by atoms with Gasteiger partial charge in [0.05, 0.1) is 23.8 Å². The Kier molecular flexibility index (Phi) is 11.2. The number of likely N-dealkylation sites (tertiary alicyclic amines) is 1. The van der Waals surface area contributed by atoms with Gasteiger partial charge in [0.25, 0.3) is 0 Å². The Labute approximate surface area is 265 Å². The van der Waals surface area contributed by atoms with Gasteiger partial charge < -0.3 is 20.5 Å². The highest BCUT2D eigenvalue weighted by molar-refractivity contribution is 6.30. The van der Waals surface area contributed by atoms with E-state index in [1.54, 1.807) is 55.5 Å². The van der Waals surface area contributed by atoms with Crippen LogP contribution in [0, 0.1) is 0 Å². The number of carboxylic acid groups (broad SMARTS) is 1. The molecule has 3 aromatic carbocycles. The molecule has 0 aliphatic carbocycles. The van der Waals surface area contributed by atoms with E-state index in [1.165, 1.54) is 25.5 Å². The third kappa shape index (κ3) is 7.85. The smallest absolute Gasteiger partial charge is 0.416 e. The highest BCUT2D eigenvalue weighted by Crippen LogP contribution is 2.45. The number of ether oxygens (including phenoxy) is 1. The number of hydrogen-bond donors (Lipinski definition) is 1. The number of aliphatic imine (C=N–C) groups is 1. The van der Waals surface area contributed by atoms with Crippen molar-refractivity contribution in [1.29, 1.82) is 0 Å². The molecular weight excluding hydrogens is 616 g/mol. The Morgan fingerprint density at radius 1 is 1.05 bits per heavy atom. The fourth-order valence-electron chi connectivity index (χ4n) is 5.52. The van der Waals surface area contributed by atoms with E-state index in [0.29, 0.717) is 27.7 Å². The van der Waals surface area contributed by atoms with Gasteiger partial charge in [-0.3, -0.25) is 9.89 Å². The maximum Gasteiger partial charge on any atom is 0.416 e. The lowest BCUT2D eigenvalue weighted by Crippen LogP contribution is -2.37. The van der Waals surface area contributed by atoms with E-state index in [0.717, 1.165) is 29.5 Å². The summed E-state index contributed by atoms with van der Waals surface area (Å²) in [4.78, 5) is 20.7. The number of amidine groups is 1. The van der Waals surface area contributed by atoms with Gasteiger partial charge in [0.2, 0.25) is 0 Å². The van der Waals surface area contributed by atoms with Crippen LogP contribution in [0.3, 0.4) is 0 Å². The molecule has 3 atom stereocenters. The first-order valence-electron chi connectivity index (χ1n) is 14.2. The maximum atomic E-state index is 13.3. The third-order valence-electron chi connectivity index (χ3n) is 7.69. The highest BCUT2D eigenvalue weighted by atomic mass is 35.5. The zero-order chi connectivity index (χ0) is 32.0. The predicted molar refractivity (Wildman–Crippen MR) is 167 cm³/mol. The normalized spacial score (nSPS) is 20.2. The van der Waals surface area contributed by atoms with Gasteiger partial charge in [-0.25, -0.2) is 4.79 Å². The average molecular weight is 651 g/mol. The van der Waals surface area contributed by atoms with Crippen LogP contribution in [0.5, 0.6) is 5.75 Å². The number of alkyl halides is 3. The molecule has 1 fully saturated rings. The second-order valence-corrected chi connectivity index (χ2v) is 11.4. The van der Waals surface area contributed by atoms with Crippen LogP contribution in [-0.2, 0) is 6.18 Å². The van der Waals surface area contributed by atoms with Crippen LogP contribution in [0.15, 0.2) is 71.7 Å². The van der Waals surface area contributed by atoms with Gasteiger partial charge in [0.15, 0.2) is 0 Å². The summed E-state index contributed by atoms with van der Waals surface area (Å²) in [7, 11) is 2.16. The largest absolute Gasteiger partial charge is 0.677 e. The van der Waals surface area contributed by atoms with Crippen LogP contribution in [0.1, 0.15) is 60.5 Å². The fourth-order valence-corrected chi connectivity index (χ4v) is 5.78. The summed E-state index contributed by atoms with van der Waals surface area (Å²) in [5.74, 6) is -0.131. The van der Waals surface area contributed by atoms with Crippen molar-refractivity contribution in [1.82, 2.24) is 9.80 Å². The monoisotopic (exact) mass is 649 g/mol. The Bertz CT molecular complexity index is 1450. The molecule has 0 aromatic heterocycles. The lowest BCUT2D eigenvalue weighted by Gasteiger charge is -2.27. The summed E-state index contributed by atoms with van der Waals surface area (Å²) in [5.41, 5.74) is 7.55. The van der Waals surface area contributed by atoms with Crippen LogP contribution in [-0.4, -0.2) is 59.6 Å². The summed E-state index contributed by atoms with van der Waals surface area (Å²) in [6, 6.07) is 15.6. The van der Waals surface area contributed by atoms with Crippen LogP contribution >= 0.6 is 23.2 Å². The number of carbonyl (C=O) groups is 1. The minimum atomic E-state index is -4.59. The summed E-state index contributed by atoms with van der Waals surface area (Å²) in [6.07, 6.45) is -2.19. The van der Waals surface area contributed by atoms with Gasteiger partial charge in [-0.15, -0.1) is 6.54 Å². The molecular formula is C32H34Cl2F3N4O3-. The lowest BCUT2D eigenvalue weighted by molar-refractivity contribution is -0.137. The number of amides is 1. The van der Waals surface area contributed by atoms with Crippen molar-refractivity contribution in [3.8, 4) is 5.75 Å². The molecule has 5 rings (SSSR count). The van der Waals surface area contributed by atoms with Gasteiger partial charge in [-0.05, 0) is 86.9 Å². The minimum Gasteiger partial charge on any atom is -0.677 e. The van der Waals surface area contributed by atoms with Crippen molar-refractivity contribution >= 4 is 35.1 Å². The Hall–Kier alpha value is -3.31. The molecule has 2 aliphatic rings. The zero-order valence-corrected chi connectivity index (χ0v) is 25.8. The van der Waals surface area contributed by atoms with Gasteiger partial charge in [0.1, 0.15) is 17.6 Å². The van der Waals surface area contributed by atoms with Crippen LogP contribution < -0.4 is 4.74 Å². The van der Waals surface area contributed by atoms with Crippen molar-refractivity contribution in [2.75, 3.05) is 26.7 Å². The second-order valence-electron chi connectivity index (χ2n) is 10.6. The molecule has 236 valence electrons. The van der Waals surface area contributed by atoms with Crippen LogP contribution in [0.25, 0.3) is 5.73 Å². The average Bonchev–Trinajstić information content (AvgIpc) is 3.58. The zero-order valence-electron chi connectivity index (χ0n) is 24.3. The molecule has 0 saturated carbocycles. The Morgan fingerprint density at radius 3 is 2.16 bits per heavy atom. The maximum absolute atomic E-state index is 13.3. The molecule has 3 aromatic rings. The van der Waals surface area contributed by atoms with Crippen LogP contribution in [0.4, 0.5) is 18.0 Å². The molecule has 1 saturated heterocycles. The molecule has 0 spiro atoms. The van der Waals surface area contributed by atoms with Gasteiger partial charge in [0, 0.05) is 16.1 Å². The SMILES string of the molecule is CCOc1cc(C(F)(F)F)ccc1C1=NC(c2ccc(Cl)cc2)C(c2ccc(Cl)cc2)N1C(=O)O.CN1CCCC1CC[NH-]. The Balaban J connectivity index is 0.000000421. The van der Waals surface area contributed by atoms with E-state index < -0.39 is 29.9 Å². The quantitative estimate of drug-likeness (QED) is 0.276. The molecule has 7 nitrogen and oxygen atoms in total. The summed E-state index contributed by atoms with van der Waals surface area (Å²) in [6.45, 7) is 3.54. The number of hydrogen-bond acceptors (Lipinski definition) is 4. The first kappa shape index (κ1) is 33.6. The van der Waals surface area contributed by atoms with Crippen molar-refractivity contribution in [2.24, 2.45) is 4.99 Å². The van der Waals surface area contributed by atoms with Gasteiger partial charge >= 0.3 is 12.3 Å². The van der Waals surface area contributed by atoms with Crippen molar-refractivity contribution in [2.45, 2.75) is 50.5 Å². The van der Waals surface area contributed by atoms with E-state index in [2.05, 4.69) is 11.9 Å². The Morgan fingerprint density at radius 2 is 1.66 bits per heavy atom. The van der Waals surface area contributed by atoms with Crippen LogP contribution in [0.2, 0.25) is 10.0 Å². The topological polar surface area (TPSA) is 89.2 Å². The molecule has 1 amide bonds. The molecule has 44 heavy (non-hydrogen) atoms. The first-order valence-corrected chi connectivity index (χ1v) is 15.0. The van der Waals surface area contributed by atoms with Crippen molar-refractivity contribution in [3.63, 3.8) is 0 Å². The number of halogens is 5. The molecule has 2 N–H and O–H groups in total. The summed E-state index contributed by atoms with van der Waals surface area (Å²) >= 11 is 12.1. The molecule has 2 heterocycles. The number of nitrogens with zero attached hydrogens (tertiary/aromatic N) is 3. The highest BCUT2D eigenvalue weighted by Gasteiger charge is 2.43. The predicted octanol–water partition coefficient (Wildman–Crippen LogP) is 9.16. The first-order chi connectivity index (χ1) is 20.9. The van der Waals surface area contributed by atoms with Crippen molar-refractivity contribution in [3.05, 3.63) is 105 Å². The minimum absolute atomic E-state index is 0.0189. The summed E-state index contributed by atoms with van der Waals surface area (Å²) < 4.78 is 45.5. The molecule has 0 radical (unpaired) electrons. The fraction of sp³-hybridized carbons (Fsp3) is 0.375. The molecule has 3 unspecified atom stereocenters. The van der Waals surface area contributed by atoms with Gasteiger partial charge in [-0.2, -0.15) is 13.2 Å². The van der Waals surface area contributed by atoms with E-state index in [-0.39, 0.29) is 23.8 Å². The van der Waals surface area contributed by atoms with E-state index in [9.17, 15) is 23.1 Å². The number of nitrogens with one attached hydrogen (secondary N) is 1. The number of rotatable bonds is 7. The van der Waals surface area contributed by atoms with E-state index >= 15 is 0 Å². The number of benzene rings is 3. The lowest BCUT2D eigenvalue weighted by atomic mass is 9.94. The summed E-state index contributed by atoms with van der Waals surface area (Å²) in [5, 5.41) is 11.2. The van der Waals surface area contributed by atoms with E-state index in [1.807, 2.05) is 0 Å². The van der Waals surface area contributed by atoms with Crippen molar-refractivity contribution < 1.29 is 27.8 Å². The second kappa shape index (κ2) is 14.6. The standard InChI is InChI=1S/C25H19Cl2F3N2O3.C7H15N2/c1-2-35-20-13-16(25(28,29)30)7-12-19(20)23-31-21(14-3-8-17(26)9-4-14)22(32(23)24(33)34)15-5-10-18(27)11-6-15;1-9-6-2-3-7(9)4-5-8/h3-13,21-22H,2H2,1H3,(H,33,34);7-8H,2-6H2,1H3/q;-1. The third-order valence-corrected chi connectivity index (χ3v) is 8.20. The molecule has 12 heteroatoms. The molecule has 0 bridgehead atoms. The molecule has 2 aliphatic heterocycles.